The van der Waals surface area contributed by atoms with E-state index in [0.717, 1.165) is 0 Å². The predicted octanol–water partition coefficient (Wildman–Crippen LogP) is -1.29. The minimum Gasteiger partial charge on any atom is -0.315 e. The molecule has 1 fully saturated rings. The summed E-state index contributed by atoms with van der Waals surface area (Å²) in [4.78, 5) is 36.4. The van der Waals surface area contributed by atoms with Crippen molar-refractivity contribution in [1.29, 1.82) is 0 Å². The van der Waals surface area contributed by atoms with E-state index in [0.29, 0.717) is 0 Å². The van der Waals surface area contributed by atoms with Crippen molar-refractivity contribution in [2.24, 2.45) is 4.99 Å². The average Bonchev–Trinajstić information content (AvgIpc) is 2.26. The Morgan fingerprint density at radius 3 is 2.62 bits per heavy atom. The van der Waals surface area contributed by atoms with Gasteiger partial charge in [-0.1, -0.05) is 0 Å². The molecule has 1 saturated heterocycles. The number of amidine groups is 1. The molecule has 0 bridgehead atoms. The molecule has 2 heterocycles. The molecule has 0 aromatic heterocycles. The number of amides is 5. The van der Waals surface area contributed by atoms with E-state index in [1.165, 1.54) is 6.92 Å². The van der Waals surface area contributed by atoms with E-state index in [4.69, 9.17) is 0 Å². The highest BCUT2D eigenvalue weighted by molar-refractivity contribution is 6.28. The highest BCUT2D eigenvalue weighted by Gasteiger charge is 2.49. The second-order valence-corrected chi connectivity index (χ2v) is 2.92. The Labute approximate surface area is 72.6 Å². The van der Waals surface area contributed by atoms with Gasteiger partial charge in [0.15, 0.2) is 11.4 Å². The fourth-order valence-electron chi connectivity index (χ4n) is 1.20. The second kappa shape index (κ2) is 2.06. The van der Waals surface area contributed by atoms with Crippen molar-refractivity contribution in [1.82, 2.24) is 16.0 Å². The molecule has 3 N–H and O–H groups in total. The number of imide groups is 1. The summed E-state index contributed by atoms with van der Waals surface area (Å²) in [5.74, 6) is -0.535. The van der Waals surface area contributed by atoms with Gasteiger partial charge in [-0.15, -0.1) is 0 Å². The maximum Gasteiger partial charge on any atom is 0.343 e. The van der Waals surface area contributed by atoms with E-state index in [1.807, 2.05) is 5.32 Å². The molecule has 2 rings (SSSR count). The molecule has 5 amide bonds. The normalized spacial score (nSPS) is 31.5. The number of rotatable bonds is 0. The molecule has 0 aliphatic carbocycles. The highest BCUT2D eigenvalue weighted by Crippen LogP contribution is 2.14. The number of nitrogens with zero attached hydrogens (tertiary/aromatic N) is 1. The lowest BCUT2D eigenvalue weighted by Gasteiger charge is -2.28. The summed E-state index contributed by atoms with van der Waals surface area (Å²) >= 11 is 0. The predicted molar refractivity (Wildman–Crippen MR) is 41.0 cm³/mol. The monoisotopic (exact) mass is 182 g/mol. The van der Waals surface area contributed by atoms with Gasteiger partial charge in [0, 0.05) is 0 Å². The number of urea groups is 2. The Bertz CT molecular complexity index is 361. The summed E-state index contributed by atoms with van der Waals surface area (Å²) in [7, 11) is 0. The van der Waals surface area contributed by atoms with Crippen molar-refractivity contribution in [2.45, 2.75) is 12.5 Å². The van der Waals surface area contributed by atoms with Gasteiger partial charge in [0.25, 0.3) is 5.91 Å². The molecule has 68 valence electrons. The molecule has 13 heavy (non-hydrogen) atoms. The number of hydrogen-bond donors (Lipinski definition) is 3. The van der Waals surface area contributed by atoms with Crippen molar-refractivity contribution in [2.75, 3.05) is 0 Å². The van der Waals surface area contributed by atoms with Crippen molar-refractivity contribution in [3.05, 3.63) is 0 Å². The van der Waals surface area contributed by atoms with Gasteiger partial charge in [-0.25, -0.2) is 9.59 Å². The zero-order valence-corrected chi connectivity index (χ0v) is 6.67. The van der Waals surface area contributed by atoms with Crippen LogP contribution in [0, 0.1) is 0 Å². The largest absolute Gasteiger partial charge is 0.343 e. The van der Waals surface area contributed by atoms with Crippen LogP contribution in [0.2, 0.25) is 0 Å². The number of fused-ring (bicyclic) bond motifs is 1. The standard InChI is InChI=1S/C6H6N4O3/c1-6-2(8-5(13)10-6)7-4(12)9-3(6)11/h1H3,(H3,7,8,9,10,11,12,13). The SMILES string of the molecule is CC12NC(=O)N=C1NC(=O)NC2=O. The molecule has 7 nitrogen and oxygen atoms in total. The first-order valence-electron chi connectivity index (χ1n) is 3.56. The Hall–Kier alpha value is -1.92. The van der Waals surface area contributed by atoms with Gasteiger partial charge < -0.3 is 5.32 Å². The minimum absolute atomic E-state index is 0.0475. The van der Waals surface area contributed by atoms with E-state index in [9.17, 15) is 14.4 Å². The van der Waals surface area contributed by atoms with Crippen LogP contribution in [0.5, 0.6) is 0 Å². The van der Waals surface area contributed by atoms with Crippen molar-refractivity contribution < 1.29 is 14.4 Å². The lowest BCUT2D eigenvalue weighted by molar-refractivity contribution is -0.123. The Morgan fingerprint density at radius 1 is 1.23 bits per heavy atom. The first kappa shape index (κ1) is 7.71. The molecule has 0 radical (unpaired) electrons. The van der Waals surface area contributed by atoms with Crippen LogP contribution in [0.1, 0.15) is 6.92 Å². The first-order chi connectivity index (χ1) is 6.02. The molecule has 0 spiro atoms. The molecule has 1 atom stereocenters. The number of hydrogen-bond acceptors (Lipinski definition) is 3. The topological polar surface area (TPSA) is 99.7 Å². The number of aliphatic imine (C=N–C) groups is 1. The lowest BCUT2D eigenvalue weighted by Crippen LogP contribution is -2.68. The van der Waals surface area contributed by atoms with E-state index in [1.54, 1.807) is 0 Å². The zero-order valence-electron chi connectivity index (χ0n) is 6.67. The minimum atomic E-state index is -1.23. The molecule has 0 aromatic carbocycles. The Kier molecular flexibility index (Phi) is 1.22. The smallest absolute Gasteiger partial charge is 0.315 e. The van der Waals surface area contributed by atoms with E-state index in [-0.39, 0.29) is 5.84 Å². The van der Waals surface area contributed by atoms with Crippen LogP contribution in [0.3, 0.4) is 0 Å². The molecule has 7 heteroatoms. The summed E-state index contributed by atoms with van der Waals surface area (Å²) in [5, 5.41) is 6.64. The van der Waals surface area contributed by atoms with Crippen molar-refractivity contribution >= 4 is 23.8 Å². The van der Waals surface area contributed by atoms with E-state index in [2.05, 4.69) is 15.6 Å². The number of carbonyl (C=O) groups excluding carboxylic acids is 3. The van der Waals surface area contributed by atoms with Gasteiger partial charge in [0.2, 0.25) is 0 Å². The van der Waals surface area contributed by atoms with Crippen LogP contribution in [0.15, 0.2) is 4.99 Å². The molecule has 1 unspecified atom stereocenters. The maximum absolute atomic E-state index is 11.3. The third-order valence-electron chi connectivity index (χ3n) is 1.96. The second-order valence-electron chi connectivity index (χ2n) is 2.92. The van der Waals surface area contributed by atoms with E-state index >= 15 is 0 Å². The average molecular weight is 182 g/mol. The Balaban J connectivity index is 2.44. The summed E-state index contributed by atoms with van der Waals surface area (Å²) in [6.07, 6.45) is 0. The lowest BCUT2D eigenvalue weighted by atomic mass is 9.99. The van der Waals surface area contributed by atoms with Gasteiger partial charge in [-0.3, -0.25) is 15.4 Å². The molecular formula is C6H6N4O3. The molecular weight excluding hydrogens is 176 g/mol. The summed E-state index contributed by atoms with van der Waals surface area (Å²) in [5.41, 5.74) is -1.23. The van der Waals surface area contributed by atoms with E-state index < -0.39 is 23.5 Å². The number of nitrogens with one attached hydrogen (secondary N) is 3. The van der Waals surface area contributed by atoms with Gasteiger partial charge >= 0.3 is 12.1 Å². The third-order valence-corrected chi connectivity index (χ3v) is 1.96. The van der Waals surface area contributed by atoms with Gasteiger partial charge in [0.05, 0.1) is 0 Å². The zero-order chi connectivity index (χ0) is 9.64. The maximum atomic E-state index is 11.3. The van der Waals surface area contributed by atoms with Crippen LogP contribution in [0.25, 0.3) is 0 Å². The van der Waals surface area contributed by atoms with Crippen LogP contribution < -0.4 is 16.0 Å². The third kappa shape index (κ3) is 0.897. The van der Waals surface area contributed by atoms with Crippen molar-refractivity contribution in [3.8, 4) is 0 Å². The summed E-state index contributed by atoms with van der Waals surface area (Å²) < 4.78 is 0. The van der Waals surface area contributed by atoms with Crippen molar-refractivity contribution in [3.63, 3.8) is 0 Å². The fourth-order valence-corrected chi connectivity index (χ4v) is 1.20. The molecule has 0 saturated carbocycles. The van der Waals surface area contributed by atoms with Crippen LogP contribution in [-0.2, 0) is 4.79 Å². The first-order valence-corrected chi connectivity index (χ1v) is 3.56. The van der Waals surface area contributed by atoms with Gasteiger partial charge in [-0.2, -0.15) is 4.99 Å². The highest BCUT2D eigenvalue weighted by atomic mass is 16.2. The van der Waals surface area contributed by atoms with Crippen LogP contribution >= 0.6 is 0 Å². The van der Waals surface area contributed by atoms with Crippen LogP contribution in [-0.4, -0.2) is 29.3 Å². The summed E-state index contributed by atoms with van der Waals surface area (Å²) in [6, 6.07) is -1.30. The number of carbonyl (C=O) groups is 3. The van der Waals surface area contributed by atoms with Gasteiger partial charge in [0.1, 0.15) is 0 Å². The van der Waals surface area contributed by atoms with Gasteiger partial charge in [-0.05, 0) is 6.92 Å². The molecule has 2 aliphatic heterocycles. The summed E-state index contributed by atoms with van der Waals surface area (Å²) in [6.45, 7) is 1.46. The fraction of sp³-hybridized carbons (Fsp3) is 0.333. The van der Waals surface area contributed by atoms with Crippen LogP contribution in [0.4, 0.5) is 9.59 Å². The molecule has 0 aromatic rings. The molecule has 2 aliphatic rings. The Morgan fingerprint density at radius 2 is 1.92 bits per heavy atom. The quantitative estimate of drug-likeness (QED) is 0.434.